The second kappa shape index (κ2) is 6.79. The van der Waals surface area contributed by atoms with Gasteiger partial charge in [-0.15, -0.1) is 0 Å². The third kappa shape index (κ3) is 3.32. The summed E-state index contributed by atoms with van der Waals surface area (Å²) < 4.78 is 27.3. The number of likely N-dealkylation sites (tertiary alicyclic amines) is 2. The number of carbonyl (C=O) groups excluding carboxylic acids is 1. The van der Waals surface area contributed by atoms with E-state index in [1.54, 1.807) is 11.0 Å². The molecule has 0 bridgehead atoms. The van der Waals surface area contributed by atoms with Crippen LogP contribution >= 0.6 is 0 Å². The first-order valence-corrected chi connectivity index (χ1v) is 8.86. The lowest BCUT2D eigenvalue weighted by atomic mass is 9.78. The van der Waals surface area contributed by atoms with Crippen LogP contribution in [0.4, 0.5) is 8.78 Å². The van der Waals surface area contributed by atoms with Crippen LogP contribution in [0, 0.1) is 23.0 Å². The molecule has 5 heteroatoms. The minimum absolute atomic E-state index is 0.115. The van der Waals surface area contributed by atoms with Crippen LogP contribution in [-0.4, -0.2) is 41.9 Å². The van der Waals surface area contributed by atoms with Crippen molar-refractivity contribution in [1.82, 2.24) is 9.80 Å². The monoisotopic (exact) mass is 336 g/mol. The third-order valence-corrected chi connectivity index (χ3v) is 5.27. The van der Waals surface area contributed by atoms with Crippen molar-refractivity contribution in [1.29, 1.82) is 0 Å². The van der Waals surface area contributed by atoms with Gasteiger partial charge in [-0.2, -0.15) is 0 Å². The van der Waals surface area contributed by atoms with E-state index in [0.29, 0.717) is 12.5 Å². The zero-order valence-electron chi connectivity index (χ0n) is 14.5. The zero-order chi connectivity index (χ0) is 17.3. The number of hydrogen-bond donors (Lipinski definition) is 0. The zero-order valence-corrected chi connectivity index (χ0v) is 14.5. The summed E-state index contributed by atoms with van der Waals surface area (Å²) in [5, 5.41) is 0. The minimum atomic E-state index is -0.851. The molecule has 0 unspecified atom stereocenters. The molecule has 2 fully saturated rings. The van der Waals surface area contributed by atoms with Crippen molar-refractivity contribution in [2.75, 3.05) is 26.2 Å². The van der Waals surface area contributed by atoms with Crippen molar-refractivity contribution >= 4 is 5.91 Å². The Balaban J connectivity index is 1.73. The van der Waals surface area contributed by atoms with Gasteiger partial charge in [0.2, 0.25) is 5.91 Å². The van der Waals surface area contributed by atoms with Gasteiger partial charge in [-0.25, -0.2) is 8.78 Å². The molecular formula is C19H26F2N2O. The van der Waals surface area contributed by atoms with Crippen molar-refractivity contribution in [2.45, 2.75) is 39.7 Å². The Morgan fingerprint density at radius 3 is 2.75 bits per heavy atom. The summed E-state index contributed by atoms with van der Waals surface area (Å²) in [7, 11) is 0. The van der Waals surface area contributed by atoms with Crippen LogP contribution in [0.15, 0.2) is 18.2 Å². The highest BCUT2D eigenvalue weighted by atomic mass is 19.2. The first kappa shape index (κ1) is 17.3. The Morgan fingerprint density at radius 1 is 1.21 bits per heavy atom. The average molecular weight is 336 g/mol. The van der Waals surface area contributed by atoms with Gasteiger partial charge in [0, 0.05) is 31.7 Å². The largest absolute Gasteiger partial charge is 0.338 e. The van der Waals surface area contributed by atoms with Gasteiger partial charge in [0.1, 0.15) is 0 Å². The van der Waals surface area contributed by atoms with E-state index in [-0.39, 0.29) is 23.4 Å². The van der Waals surface area contributed by atoms with Crippen LogP contribution in [-0.2, 0) is 11.3 Å². The highest BCUT2D eigenvalue weighted by Crippen LogP contribution is 2.40. The lowest BCUT2D eigenvalue weighted by Crippen LogP contribution is -2.49. The molecule has 1 atom stereocenters. The Kier molecular flexibility index (Phi) is 4.90. The Morgan fingerprint density at radius 2 is 2.00 bits per heavy atom. The lowest BCUT2D eigenvalue weighted by molar-refractivity contribution is -0.146. The fourth-order valence-electron chi connectivity index (χ4n) is 4.19. The third-order valence-electron chi connectivity index (χ3n) is 5.27. The number of rotatable bonds is 4. The molecule has 3 nitrogen and oxygen atoms in total. The van der Waals surface area contributed by atoms with Crippen molar-refractivity contribution in [3.05, 3.63) is 35.4 Å². The van der Waals surface area contributed by atoms with Gasteiger partial charge in [-0.05, 0) is 37.8 Å². The van der Waals surface area contributed by atoms with Crippen LogP contribution < -0.4 is 0 Å². The SMILES string of the molecule is CC(C)CN1CC[C@]2(CCCN(Cc3cccc(F)c3F)C2=O)C1. The quantitative estimate of drug-likeness (QED) is 0.841. The molecule has 0 radical (unpaired) electrons. The van der Waals surface area contributed by atoms with E-state index in [4.69, 9.17) is 0 Å². The smallest absolute Gasteiger partial charge is 0.230 e. The van der Waals surface area contributed by atoms with E-state index in [1.807, 2.05) is 0 Å². The topological polar surface area (TPSA) is 23.6 Å². The molecule has 0 aliphatic carbocycles. The fraction of sp³-hybridized carbons (Fsp3) is 0.632. The predicted octanol–water partition coefficient (Wildman–Crippen LogP) is 3.44. The summed E-state index contributed by atoms with van der Waals surface area (Å²) in [6.07, 6.45) is 2.71. The van der Waals surface area contributed by atoms with E-state index in [9.17, 15) is 13.6 Å². The van der Waals surface area contributed by atoms with Gasteiger partial charge in [0.25, 0.3) is 0 Å². The number of carbonyl (C=O) groups is 1. The van der Waals surface area contributed by atoms with Gasteiger partial charge in [0.15, 0.2) is 11.6 Å². The Hall–Kier alpha value is -1.49. The Bertz CT molecular complexity index is 619. The molecule has 1 aromatic carbocycles. The maximum atomic E-state index is 13.9. The standard InChI is InChI=1S/C19H26F2N2O/c1-14(2)11-22-10-8-19(13-22)7-4-9-23(18(19)24)12-15-5-3-6-16(20)17(15)21/h3,5-6,14H,4,7-13H2,1-2H3/t19-/m1/s1. The molecule has 132 valence electrons. The van der Waals surface area contributed by atoms with E-state index >= 15 is 0 Å². The molecule has 1 spiro atoms. The van der Waals surface area contributed by atoms with E-state index in [1.165, 1.54) is 6.07 Å². The van der Waals surface area contributed by atoms with Gasteiger partial charge in [-0.1, -0.05) is 26.0 Å². The summed E-state index contributed by atoms with van der Waals surface area (Å²) in [4.78, 5) is 17.2. The first-order chi connectivity index (χ1) is 11.4. The number of halogens is 2. The van der Waals surface area contributed by atoms with Gasteiger partial charge >= 0.3 is 0 Å². The van der Waals surface area contributed by atoms with Crippen molar-refractivity contribution in [3.63, 3.8) is 0 Å². The summed E-state index contributed by atoms with van der Waals surface area (Å²) in [5.74, 6) is -0.992. The van der Waals surface area contributed by atoms with Gasteiger partial charge in [0.05, 0.1) is 5.41 Å². The van der Waals surface area contributed by atoms with Crippen LogP contribution in [0.25, 0.3) is 0 Å². The van der Waals surface area contributed by atoms with Crippen molar-refractivity contribution < 1.29 is 13.6 Å². The van der Waals surface area contributed by atoms with Crippen LogP contribution in [0.3, 0.4) is 0 Å². The highest BCUT2D eigenvalue weighted by molar-refractivity contribution is 5.84. The van der Waals surface area contributed by atoms with Crippen molar-refractivity contribution in [2.24, 2.45) is 11.3 Å². The molecule has 2 saturated heterocycles. The van der Waals surface area contributed by atoms with Crippen LogP contribution in [0.1, 0.15) is 38.7 Å². The first-order valence-electron chi connectivity index (χ1n) is 8.86. The summed E-state index contributed by atoms with van der Waals surface area (Å²) in [6, 6.07) is 4.17. The molecule has 2 aliphatic heterocycles. The van der Waals surface area contributed by atoms with Crippen LogP contribution in [0.5, 0.6) is 0 Å². The maximum Gasteiger partial charge on any atom is 0.230 e. The van der Waals surface area contributed by atoms with E-state index in [0.717, 1.165) is 45.0 Å². The van der Waals surface area contributed by atoms with E-state index in [2.05, 4.69) is 18.7 Å². The van der Waals surface area contributed by atoms with E-state index < -0.39 is 11.6 Å². The summed E-state index contributed by atoms with van der Waals surface area (Å²) >= 11 is 0. The minimum Gasteiger partial charge on any atom is -0.338 e. The molecule has 1 aromatic rings. The molecule has 2 heterocycles. The normalized spacial score (nSPS) is 25.2. The van der Waals surface area contributed by atoms with Crippen LogP contribution in [0.2, 0.25) is 0 Å². The number of nitrogens with zero attached hydrogens (tertiary/aromatic N) is 2. The summed E-state index contributed by atoms with van der Waals surface area (Å²) in [6.45, 7) is 7.92. The summed E-state index contributed by atoms with van der Waals surface area (Å²) in [5.41, 5.74) is -0.0610. The molecule has 0 aromatic heterocycles. The number of hydrogen-bond acceptors (Lipinski definition) is 2. The van der Waals surface area contributed by atoms with Gasteiger partial charge < -0.3 is 9.80 Å². The molecular weight excluding hydrogens is 310 g/mol. The molecule has 2 aliphatic rings. The van der Waals surface area contributed by atoms with Crippen molar-refractivity contribution in [3.8, 4) is 0 Å². The average Bonchev–Trinajstić information content (AvgIpc) is 2.92. The fourth-order valence-corrected chi connectivity index (χ4v) is 4.19. The number of benzene rings is 1. The molecule has 24 heavy (non-hydrogen) atoms. The molecule has 1 amide bonds. The number of piperidine rings is 1. The number of amides is 1. The Labute approximate surface area is 142 Å². The maximum absolute atomic E-state index is 13.9. The molecule has 0 saturated carbocycles. The highest BCUT2D eigenvalue weighted by Gasteiger charge is 2.48. The second-order valence-electron chi connectivity index (χ2n) is 7.70. The molecule has 3 rings (SSSR count). The lowest BCUT2D eigenvalue weighted by Gasteiger charge is -2.39. The second-order valence-corrected chi connectivity index (χ2v) is 7.70. The predicted molar refractivity (Wildman–Crippen MR) is 89.3 cm³/mol. The van der Waals surface area contributed by atoms with Gasteiger partial charge in [-0.3, -0.25) is 4.79 Å². The molecule has 0 N–H and O–H groups in total.